The zero-order valence-electron chi connectivity index (χ0n) is 11.2. The summed E-state index contributed by atoms with van der Waals surface area (Å²) in [7, 11) is 1.36. The number of amides is 1. The van der Waals surface area contributed by atoms with Crippen LogP contribution < -0.4 is 0 Å². The summed E-state index contributed by atoms with van der Waals surface area (Å²) in [4.78, 5) is 26.5. The Kier molecular flexibility index (Phi) is 6.67. The molecule has 1 rings (SSSR count). The third-order valence-electron chi connectivity index (χ3n) is 3.05. The van der Waals surface area contributed by atoms with E-state index >= 15 is 0 Å². The van der Waals surface area contributed by atoms with Gasteiger partial charge in [0.05, 0.1) is 26.7 Å². The fourth-order valence-electron chi connectivity index (χ4n) is 1.84. The smallest absolute Gasteiger partial charge is 0.307 e. The van der Waals surface area contributed by atoms with Crippen LogP contribution in [0.4, 0.5) is 0 Å². The SMILES string of the molecule is COC(=O)CCN(CCN1CCOCC1)C(C)=O. The Morgan fingerprint density at radius 2 is 1.94 bits per heavy atom. The monoisotopic (exact) mass is 258 g/mol. The molecule has 1 amide bonds. The van der Waals surface area contributed by atoms with Crippen molar-refractivity contribution in [3.05, 3.63) is 0 Å². The van der Waals surface area contributed by atoms with Crippen LogP contribution >= 0.6 is 0 Å². The molecule has 0 aromatic rings. The Bertz CT molecular complexity index is 277. The summed E-state index contributed by atoms with van der Waals surface area (Å²) in [5, 5.41) is 0. The molecule has 0 bridgehead atoms. The minimum Gasteiger partial charge on any atom is -0.469 e. The van der Waals surface area contributed by atoms with Gasteiger partial charge in [-0.1, -0.05) is 0 Å². The van der Waals surface area contributed by atoms with E-state index < -0.39 is 0 Å². The first kappa shape index (κ1) is 14.9. The van der Waals surface area contributed by atoms with Crippen molar-refractivity contribution in [2.24, 2.45) is 0 Å². The van der Waals surface area contributed by atoms with Crippen LogP contribution in [0.2, 0.25) is 0 Å². The number of ether oxygens (including phenoxy) is 2. The van der Waals surface area contributed by atoms with E-state index in [0.29, 0.717) is 13.1 Å². The zero-order valence-corrected chi connectivity index (χ0v) is 11.2. The fraction of sp³-hybridized carbons (Fsp3) is 0.833. The van der Waals surface area contributed by atoms with Gasteiger partial charge < -0.3 is 14.4 Å². The van der Waals surface area contributed by atoms with Crippen LogP contribution in [0.3, 0.4) is 0 Å². The highest BCUT2D eigenvalue weighted by Gasteiger charge is 2.15. The van der Waals surface area contributed by atoms with E-state index in [1.165, 1.54) is 14.0 Å². The molecule has 1 fully saturated rings. The molecule has 0 atom stereocenters. The summed E-state index contributed by atoms with van der Waals surface area (Å²) < 4.78 is 9.84. The van der Waals surface area contributed by atoms with Crippen molar-refractivity contribution in [1.82, 2.24) is 9.80 Å². The average molecular weight is 258 g/mol. The molecule has 0 saturated carbocycles. The predicted octanol–water partition coefficient (Wildman–Crippen LogP) is -0.270. The Morgan fingerprint density at radius 3 is 2.50 bits per heavy atom. The molecule has 1 saturated heterocycles. The van der Waals surface area contributed by atoms with Crippen molar-refractivity contribution >= 4 is 11.9 Å². The van der Waals surface area contributed by atoms with E-state index in [0.717, 1.165) is 32.8 Å². The summed E-state index contributed by atoms with van der Waals surface area (Å²) in [6.07, 6.45) is 0.249. The standard InChI is InChI=1S/C12H22N2O4/c1-11(15)14(4-3-12(16)17-2)6-5-13-7-9-18-10-8-13/h3-10H2,1-2H3. The third kappa shape index (κ3) is 5.46. The first-order valence-electron chi connectivity index (χ1n) is 6.26. The maximum atomic E-state index is 11.4. The highest BCUT2D eigenvalue weighted by atomic mass is 16.5. The van der Waals surface area contributed by atoms with Crippen LogP contribution in [0.1, 0.15) is 13.3 Å². The quantitative estimate of drug-likeness (QED) is 0.614. The van der Waals surface area contributed by atoms with Gasteiger partial charge in [-0.25, -0.2) is 0 Å². The molecule has 1 aliphatic heterocycles. The van der Waals surface area contributed by atoms with Gasteiger partial charge in [-0.3, -0.25) is 14.5 Å². The summed E-state index contributed by atoms with van der Waals surface area (Å²) in [5.74, 6) is -0.292. The molecule has 104 valence electrons. The van der Waals surface area contributed by atoms with E-state index in [1.54, 1.807) is 4.90 Å². The fourth-order valence-corrected chi connectivity index (χ4v) is 1.84. The van der Waals surface area contributed by atoms with Gasteiger partial charge in [0.15, 0.2) is 0 Å². The minimum absolute atomic E-state index is 0.00726. The molecule has 0 radical (unpaired) electrons. The maximum Gasteiger partial charge on any atom is 0.307 e. The van der Waals surface area contributed by atoms with Gasteiger partial charge in [-0.2, -0.15) is 0 Å². The van der Waals surface area contributed by atoms with E-state index in [1.807, 2.05) is 0 Å². The summed E-state index contributed by atoms with van der Waals surface area (Å²) in [6.45, 7) is 6.73. The van der Waals surface area contributed by atoms with E-state index in [2.05, 4.69) is 9.64 Å². The zero-order chi connectivity index (χ0) is 13.4. The minimum atomic E-state index is -0.285. The summed E-state index contributed by atoms with van der Waals surface area (Å²) in [6, 6.07) is 0. The normalized spacial score (nSPS) is 16.3. The topological polar surface area (TPSA) is 59.1 Å². The molecular formula is C12H22N2O4. The Labute approximate surface area is 108 Å². The van der Waals surface area contributed by atoms with Crippen LogP contribution in [0.15, 0.2) is 0 Å². The largest absolute Gasteiger partial charge is 0.469 e. The molecule has 0 aromatic heterocycles. The number of carbonyl (C=O) groups is 2. The molecule has 0 unspecified atom stereocenters. The van der Waals surface area contributed by atoms with Crippen molar-refractivity contribution in [2.75, 3.05) is 53.0 Å². The molecule has 6 nitrogen and oxygen atoms in total. The summed E-state index contributed by atoms with van der Waals surface area (Å²) >= 11 is 0. The number of methoxy groups -OCH3 is 1. The molecular weight excluding hydrogens is 236 g/mol. The van der Waals surface area contributed by atoms with Crippen LogP contribution in [0.5, 0.6) is 0 Å². The van der Waals surface area contributed by atoms with Crippen LogP contribution in [0, 0.1) is 0 Å². The predicted molar refractivity (Wildman–Crippen MR) is 66.1 cm³/mol. The second-order valence-electron chi connectivity index (χ2n) is 4.29. The summed E-state index contributed by atoms with van der Waals surface area (Å²) in [5.41, 5.74) is 0. The van der Waals surface area contributed by atoms with Crippen molar-refractivity contribution < 1.29 is 19.1 Å². The molecule has 1 heterocycles. The van der Waals surface area contributed by atoms with Gasteiger partial charge in [0.1, 0.15) is 0 Å². The number of hydrogen-bond acceptors (Lipinski definition) is 5. The first-order chi connectivity index (χ1) is 8.63. The van der Waals surface area contributed by atoms with E-state index in [-0.39, 0.29) is 18.3 Å². The molecule has 1 aliphatic rings. The molecule has 0 spiro atoms. The second-order valence-corrected chi connectivity index (χ2v) is 4.29. The lowest BCUT2D eigenvalue weighted by molar-refractivity contribution is -0.141. The van der Waals surface area contributed by atoms with Gasteiger partial charge in [0, 0.05) is 39.6 Å². The van der Waals surface area contributed by atoms with Gasteiger partial charge >= 0.3 is 5.97 Å². The van der Waals surface area contributed by atoms with Crippen LogP contribution in [-0.2, 0) is 19.1 Å². The van der Waals surface area contributed by atoms with E-state index in [9.17, 15) is 9.59 Å². The Hall–Kier alpha value is -1.14. The molecule has 18 heavy (non-hydrogen) atoms. The number of nitrogens with zero attached hydrogens (tertiary/aromatic N) is 2. The van der Waals surface area contributed by atoms with Gasteiger partial charge in [-0.15, -0.1) is 0 Å². The van der Waals surface area contributed by atoms with Gasteiger partial charge in [0.2, 0.25) is 5.91 Å². The first-order valence-corrected chi connectivity index (χ1v) is 6.26. The number of carbonyl (C=O) groups excluding carboxylic acids is 2. The maximum absolute atomic E-state index is 11.4. The van der Waals surface area contributed by atoms with Gasteiger partial charge in [-0.05, 0) is 0 Å². The van der Waals surface area contributed by atoms with Crippen molar-refractivity contribution in [3.63, 3.8) is 0 Å². The van der Waals surface area contributed by atoms with Crippen molar-refractivity contribution in [1.29, 1.82) is 0 Å². The number of hydrogen-bond donors (Lipinski definition) is 0. The molecule has 6 heteroatoms. The molecule has 0 aliphatic carbocycles. The second kappa shape index (κ2) is 8.05. The lowest BCUT2D eigenvalue weighted by Crippen LogP contribution is -2.43. The van der Waals surface area contributed by atoms with Crippen molar-refractivity contribution in [2.45, 2.75) is 13.3 Å². The lowest BCUT2D eigenvalue weighted by Gasteiger charge is -2.29. The highest BCUT2D eigenvalue weighted by Crippen LogP contribution is 1.99. The Morgan fingerprint density at radius 1 is 1.28 bits per heavy atom. The molecule has 0 aromatic carbocycles. The highest BCUT2D eigenvalue weighted by molar-refractivity contribution is 5.74. The number of rotatable bonds is 6. The van der Waals surface area contributed by atoms with Crippen LogP contribution in [-0.4, -0.2) is 74.7 Å². The van der Waals surface area contributed by atoms with Crippen molar-refractivity contribution in [3.8, 4) is 0 Å². The third-order valence-corrected chi connectivity index (χ3v) is 3.05. The van der Waals surface area contributed by atoms with Gasteiger partial charge in [0.25, 0.3) is 0 Å². The number of morpholine rings is 1. The Balaban J connectivity index is 2.28. The molecule has 0 N–H and O–H groups in total. The average Bonchev–Trinajstić information content (AvgIpc) is 2.39. The van der Waals surface area contributed by atoms with E-state index in [4.69, 9.17) is 4.74 Å². The number of esters is 1. The lowest BCUT2D eigenvalue weighted by atomic mass is 10.3. The van der Waals surface area contributed by atoms with Crippen LogP contribution in [0.25, 0.3) is 0 Å².